The number of benzene rings is 1. The SMILES string of the molecule is COc1ccc([C@@H]2C3=C(CC(C)(C)CC3=O)Nc3onc(C)c32)cc1. The van der Waals surface area contributed by atoms with Crippen LogP contribution < -0.4 is 10.1 Å². The minimum absolute atomic E-state index is 0.0556. The van der Waals surface area contributed by atoms with Crippen molar-refractivity contribution < 1.29 is 14.1 Å². The second-order valence-electron chi connectivity index (χ2n) is 7.68. The van der Waals surface area contributed by atoms with E-state index in [4.69, 9.17) is 9.26 Å². The number of aromatic nitrogens is 1. The van der Waals surface area contributed by atoms with E-state index >= 15 is 0 Å². The number of hydrogen-bond acceptors (Lipinski definition) is 5. The highest BCUT2D eigenvalue weighted by Crippen LogP contribution is 2.49. The largest absolute Gasteiger partial charge is 0.497 e. The maximum absolute atomic E-state index is 13.0. The van der Waals surface area contributed by atoms with Crippen molar-refractivity contribution in [3.05, 3.63) is 52.4 Å². The highest BCUT2D eigenvalue weighted by Gasteiger charge is 2.42. The number of methoxy groups -OCH3 is 1. The molecule has 0 saturated heterocycles. The van der Waals surface area contributed by atoms with Gasteiger partial charge in [0.25, 0.3) is 0 Å². The van der Waals surface area contributed by atoms with E-state index in [2.05, 4.69) is 24.3 Å². The monoisotopic (exact) mass is 338 g/mol. The van der Waals surface area contributed by atoms with Crippen molar-refractivity contribution in [3.63, 3.8) is 0 Å². The second kappa shape index (κ2) is 5.48. The van der Waals surface area contributed by atoms with E-state index in [1.54, 1.807) is 7.11 Å². The van der Waals surface area contributed by atoms with Crippen LogP contribution in [-0.4, -0.2) is 18.0 Å². The third-order valence-electron chi connectivity index (χ3n) is 5.12. The molecule has 1 aliphatic heterocycles. The molecule has 1 N–H and O–H groups in total. The van der Waals surface area contributed by atoms with Crippen LogP contribution in [0.2, 0.25) is 0 Å². The number of nitrogens with zero attached hydrogens (tertiary/aromatic N) is 1. The van der Waals surface area contributed by atoms with Gasteiger partial charge in [-0.2, -0.15) is 0 Å². The quantitative estimate of drug-likeness (QED) is 0.889. The van der Waals surface area contributed by atoms with E-state index in [1.807, 2.05) is 31.2 Å². The first-order valence-corrected chi connectivity index (χ1v) is 8.53. The Morgan fingerprint density at radius 1 is 1.24 bits per heavy atom. The molecule has 1 aromatic carbocycles. The van der Waals surface area contributed by atoms with Gasteiger partial charge in [0.1, 0.15) is 5.75 Å². The zero-order chi connectivity index (χ0) is 17.8. The van der Waals surface area contributed by atoms with Crippen LogP contribution in [0.25, 0.3) is 0 Å². The topological polar surface area (TPSA) is 64.4 Å². The third kappa shape index (κ3) is 2.54. The average Bonchev–Trinajstić information content (AvgIpc) is 2.93. The van der Waals surface area contributed by atoms with E-state index in [0.29, 0.717) is 12.3 Å². The van der Waals surface area contributed by atoms with Gasteiger partial charge in [0.2, 0.25) is 5.88 Å². The van der Waals surface area contributed by atoms with Gasteiger partial charge in [0.15, 0.2) is 5.78 Å². The number of nitrogens with one attached hydrogen (secondary N) is 1. The molecule has 0 saturated carbocycles. The molecule has 0 amide bonds. The fourth-order valence-electron chi connectivity index (χ4n) is 4.00. The predicted octanol–water partition coefficient (Wildman–Crippen LogP) is 4.19. The van der Waals surface area contributed by atoms with Crippen molar-refractivity contribution >= 4 is 11.7 Å². The standard InChI is InChI=1S/C20H22N2O3/c1-11-16-17(12-5-7-13(24-4)8-6-12)18-14(21-19(16)25-22-11)9-20(2,3)10-15(18)23/h5-8,17,21H,9-10H2,1-4H3/t17-/m0/s1. The summed E-state index contributed by atoms with van der Waals surface area (Å²) in [5.41, 5.74) is 4.58. The number of carbonyl (C=O) groups is 1. The molecule has 0 fully saturated rings. The number of fused-ring (bicyclic) bond motifs is 1. The van der Waals surface area contributed by atoms with Crippen LogP contribution in [0.3, 0.4) is 0 Å². The molecule has 2 heterocycles. The lowest BCUT2D eigenvalue weighted by Crippen LogP contribution is -2.33. The van der Waals surface area contributed by atoms with Crippen LogP contribution in [0, 0.1) is 12.3 Å². The third-order valence-corrected chi connectivity index (χ3v) is 5.12. The predicted molar refractivity (Wildman–Crippen MR) is 94.7 cm³/mol. The van der Waals surface area contributed by atoms with Crippen LogP contribution in [-0.2, 0) is 4.79 Å². The number of Topliss-reactive ketones (excluding diaryl/α,β-unsaturated/α-hetero) is 1. The van der Waals surface area contributed by atoms with Crippen molar-refractivity contribution in [2.24, 2.45) is 5.41 Å². The first-order chi connectivity index (χ1) is 11.9. The minimum Gasteiger partial charge on any atom is -0.497 e. The highest BCUT2D eigenvalue weighted by molar-refractivity contribution is 6.01. The maximum atomic E-state index is 13.0. The van der Waals surface area contributed by atoms with Crippen molar-refractivity contribution in [2.75, 3.05) is 12.4 Å². The Morgan fingerprint density at radius 3 is 2.64 bits per heavy atom. The summed E-state index contributed by atoms with van der Waals surface area (Å²) < 4.78 is 10.8. The zero-order valence-corrected chi connectivity index (χ0v) is 15.0. The Kier molecular flexibility index (Phi) is 3.49. The van der Waals surface area contributed by atoms with E-state index in [9.17, 15) is 4.79 Å². The normalized spacial score (nSPS) is 21.4. The Balaban J connectivity index is 1.89. The molecular weight excluding hydrogens is 316 g/mol. The summed E-state index contributed by atoms with van der Waals surface area (Å²) in [4.78, 5) is 13.0. The Morgan fingerprint density at radius 2 is 1.96 bits per heavy atom. The lowest BCUT2D eigenvalue weighted by molar-refractivity contribution is -0.118. The summed E-state index contributed by atoms with van der Waals surface area (Å²) in [6.45, 7) is 6.17. The molecule has 1 aliphatic carbocycles. The van der Waals surface area contributed by atoms with Gasteiger partial charge >= 0.3 is 0 Å². The average molecular weight is 338 g/mol. The molecule has 1 aromatic heterocycles. The number of rotatable bonds is 2. The van der Waals surface area contributed by atoms with Crippen LogP contribution >= 0.6 is 0 Å². The number of aryl methyl sites for hydroxylation is 1. The van der Waals surface area contributed by atoms with Gasteiger partial charge in [-0.3, -0.25) is 4.79 Å². The molecule has 2 aromatic rings. The molecule has 0 bridgehead atoms. The molecule has 0 spiro atoms. The Hall–Kier alpha value is -2.56. The van der Waals surface area contributed by atoms with Crippen LogP contribution in [0.4, 0.5) is 5.88 Å². The van der Waals surface area contributed by atoms with Crippen molar-refractivity contribution in [2.45, 2.75) is 39.5 Å². The van der Waals surface area contributed by atoms with Gasteiger partial charge < -0.3 is 14.6 Å². The van der Waals surface area contributed by atoms with E-state index < -0.39 is 0 Å². The fourth-order valence-corrected chi connectivity index (χ4v) is 4.00. The fraction of sp³-hybridized carbons (Fsp3) is 0.400. The maximum Gasteiger partial charge on any atom is 0.233 e. The van der Waals surface area contributed by atoms with E-state index in [1.165, 1.54) is 0 Å². The molecule has 2 aliphatic rings. The summed E-state index contributed by atoms with van der Waals surface area (Å²) in [7, 11) is 1.65. The number of hydrogen-bond donors (Lipinski definition) is 1. The summed E-state index contributed by atoms with van der Waals surface area (Å²) in [5.74, 6) is 1.51. The van der Waals surface area contributed by atoms with Crippen molar-refractivity contribution in [1.82, 2.24) is 5.16 Å². The smallest absolute Gasteiger partial charge is 0.233 e. The summed E-state index contributed by atoms with van der Waals surface area (Å²) in [6, 6.07) is 7.89. The van der Waals surface area contributed by atoms with Crippen molar-refractivity contribution in [1.29, 1.82) is 0 Å². The van der Waals surface area contributed by atoms with E-state index in [0.717, 1.165) is 40.3 Å². The molecule has 1 atom stereocenters. The van der Waals surface area contributed by atoms with Gasteiger partial charge in [-0.15, -0.1) is 0 Å². The number of carbonyl (C=O) groups excluding carboxylic acids is 1. The molecular formula is C20H22N2O3. The summed E-state index contributed by atoms with van der Waals surface area (Å²) in [6.07, 6.45) is 1.37. The number of allylic oxidation sites excluding steroid dienone is 2. The van der Waals surface area contributed by atoms with Crippen LogP contribution in [0.15, 0.2) is 40.1 Å². The second-order valence-corrected chi connectivity index (χ2v) is 7.68. The molecule has 130 valence electrons. The van der Waals surface area contributed by atoms with Gasteiger partial charge in [-0.25, -0.2) is 0 Å². The van der Waals surface area contributed by atoms with Crippen molar-refractivity contribution in [3.8, 4) is 5.75 Å². The zero-order valence-electron chi connectivity index (χ0n) is 15.0. The first-order valence-electron chi connectivity index (χ1n) is 8.53. The molecule has 0 unspecified atom stereocenters. The lowest BCUT2D eigenvalue weighted by atomic mass is 9.69. The van der Waals surface area contributed by atoms with E-state index in [-0.39, 0.29) is 17.1 Å². The number of ketones is 1. The van der Waals surface area contributed by atoms with Gasteiger partial charge in [0, 0.05) is 23.6 Å². The summed E-state index contributed by atoms with van der Waals surface area (Å²) in [5, 5.41) is 7.46. The molecule has 4 rings (SSSR count). The number of anilines is 1. The van der Waals surface area contributed by atoms with Crippen LogP contribution in [0.5, 0.6) is 5.75 Å². The number of ether oxygens (including phenoxy) is 1. The molecule has 0 radical (unpaired) electrons. The van der Waals surface area contributed by atoms with Crippen LogP contribution in [0.1, 0.15) is 49.4 Å². The highest BCUT2D eigenvalue weighted by atomic mass is 16.5. The Bertz CT molecular complexity index is 875. The minimum atomic E-state index is -0.146. The van der Waals surface area contributed by atoms with Gasteiger partial charge in [0.05, 0.1) is 18.4 Å². The molecule has 5 nitrogen and oxygen atoms in total. The first kappa shape index (κ1) is 15.9. The lowest BCUT2D eigenvalue weighted by Gasteiger charge is -2.37. The molecule has 25 heavy (non-hydrogen) atoms. The summed E-state index contributed by atoms with van der Waals surface area (Å²) >= 11 is 0. The van der Waals surface area contributed by atoms with Gasteiger partial charge in [-0.05, 0) is 36.5 Å². The Labute approximate surface area is 147 Å². The van der Waals surface area contributed by atoms with Gasteiger partial charge in [-0.1, -0.05) is 31.1 Å². The molecule has 5 heteroatoms.